The highest BCUT2D eigenvalue weighted by Crippen LogP contribution is 2.37. The predicted octanol–water partition coefficient (Wildman–Crippen LogP) is 2.48. The third-order valence-corrected chi connectivity index (χ3v) is 5.11. The Morgan fingerprint density at radius 2 is 2.07 bits per heavy atom. The molecule has 1 aliphatic carbocycles. The molecule has 0 aromatic heterocycles. The van der Waals surface area contributed by atoms with Crippen molar-refractivity contribution in [3.63, 3.8) is 0 Å². The highest BCUT2D eigenvalue weighted by Gasteiger charge is 2.45. The molecule has 0 amide bonds. The van der Waals surface area contributed by atoms with E-state index in [0.717, 1.165) is 0 Å². The standard InChI is InChI=1S/C20H26O7/c1-6-10(2)19(22)25-17-8-12(4)15(27-24)9-14(21)11(3)7-16-18(17)13(5)20(23)26-16/h6-7,14-18,21,24H,4-5,8-9H2,1-3H3/b10-6-,11-7-/t14?,15-,16-,17?,18+/m1/s1. The Morgan fingerprint density at radius 3 is 2.67 bits per heavy atom. The summed E-state index contributed by atoms with van der Waals surface area (Å²) in [5.41, 5.74) is 1.57. The van der Waals surface area contributed by atoms with Crippen molar-refractivity contribution in [3.8, 4) is 0 Å². The molecule has 0 radical (unpaired) electrons. The SMILES string of the molecule is C=C1C(=O)O[C@@H]2/C=C(/C)C(O)C[C@@H](OO)C(=C)CC(OC(=O)/C(C)=C\C)[C@@H]12. The monoisotopic (exact) mass is 378 g/mol. The number of rotatable bonds is 3. The quantitative estimate of drug-likeness (QED) is 0.256. The van der Waals surface area contributed by atoms with Crippen molar-refractivity contribution in [2.75, 3.05) is 0 Å². The fraction of sp³-hybridized carbons (Fsp3) is 0.500. The van der Waals surface area contributed by atoms with Gasteiger partial charge >= 0.3 is 11.9 Å². The summed E-state index contributed by atoms with van der Waals surface area (Å²) in [5, 5.41) is 19.5. The zero-order chi connectivity index (χ0) is 20.3. The van der Waals surface area contributed by atoms with Crippen LogP contribution in [0.25, 0.3) is 0 Å². The summed E-state index contributed by atoms with van der Waals surface area (Å²) in [6.45, 7) is 12.7. The minimum atomic E-state index is -0.920. The molecule has 0 aromatic rings. The summed E-state index contributed by atoms with van der Waals surface area (Å²) in [6.07, 6.45) is 0.149. The minimum absolute atomic E-state index is 0.0680. The van der Waals surface area contributed by atoms with E-state index >= 15 is 0 Å². The van der Waals surface area contributed by atoms with Crippen LogP contribution in [0.1, 0.15) is 33.6 Å². The van der Waals surface area contributed by atoms with Gasteiger partial charge in [0, 0.05) is 24.0 Å². The third-order valence-electron chi connectivity index (χ3n) is 5.11. The number of fused-ring (bicyclic) bond motifs is 1. The molecule has 2 N–H and O–H groups in total. The van der Waals surface area contributed by atoms with Crippen LogP contribution in [0, 0.1) is 5.92 Å². The van der Waals surface area contributed by atoms with Gasteiger partial charge in [-0.15, -0.1) is 0 Å². The second kappa shape index (κ2) is 8.65. The lowest BCUT2D eigenvalue weighted by Crippen LogP contribution is -2.36. The van der Waals surface area contributed by atoms with Gasteiger partial charge in [0.05, 0.1) is 12.0 Å². The van der Waals surface area contributed by atoms with E-state index in [4.69, 9.17) is 9.47 Å². The Balaban J connectivity index is 2.47. The number of hydrogen-bond donors (Lipinski definition) is 2. The first kappa shape index (κ1) is 21.1. The van der Waals surface area contributed by atoms with Crippen molar-refractivity contribution in [1.82, 2.24) is 0 Å². The molecule has 7 nitrogen and oxygen atoms in total. The average molecular weight is 378 g/mol. The molecule has 0 spiro atoms. The second-order valence-corrected chi connectivity index (χ2v) is 6.96. The van der Waals surface area contributed by atoms with E-state index in [2.05, 4.69) is 18.0 Å². The Hall–Kier alpha value is -2.22. The van der Waals surface area contributed by atoms with Gasteiger partial charge in [0.1, 0.15) is 18.3 Å². The molecule has 1 saturated heterocycles. The zero-order valence-corrected chi connectivity index (χ0v) is 15.8. The Bertz CT molecular complexity index is 703. The summed E-state index contributed by atoms with van der Waals surface area (Å²) >= 11 is 0. The second-order valence-electron chi connectivity index (χ2n) is 6.96. The number of hydrogen-bond acceptors (Lipinski definition) is 7. The Labute approximate surface area is 158 Å². The fourth-order valence-electron chi connectivity index (χ4n) is 3.20. The maximum atomic E-state index is 12.3. The van der Waals surface area contributed by atoms with Crippen molar-refractivity contribution in [1.29, 1.82) is 0 Å². The molecule has 0 bridgehead atoms. The van der Waals surface area contributed by atoms with Crippen LogP contribution in [0.2, 0.25) is 0 Å². The third kappa shape index (κ3) is 4.55. The molecule has 27 heavy (non-hydrogen) atoms. The normalized spacial score (nSPS) is 34.4. The van der Waals surface area contributed by atoms with Gasteiger partial charge in [-0.3, -0.25) is 5.26 Å². The Morgan fingerprint density at radius 1 is 1.41 bits per heavy atom. The van der Waals surface area contributed by atoms with Crippen molar-refractivity contribution < 1.29 is 34.3 Å². The zero-order valence-electron chi connectivity index (χ0n) is 15.8. The molecule has 1 aliphatic heterocycles. The minimum Gasteiger partial charge on any atom is -0.458 e. The van der Waals surface area contributed by atoms with Crippen LogP contribution in [-0.2, 0) is 24.0 Å². The summed E-state index contributed by atoms with van der Waals surface area (Å²) in [4.78, 5) is 28.9. The highest BCUT2D eigenvalue weighted by molar-refractivity contribution is 5.92. The van der Waals surface area contributed by atoms with Crippen LogP contribution in [0.3, 0.4) is 0 Å². The van der Waals surface area contributed by atoms with Crippen LogP contribution in [0.15, 0.2) is 47.6 Å². The van der Waals surface area contributed by atoms with E-state index in [1.165, 1.54) is 0 Å². The maximum Gasteiger partial charge on any atom is 0.334 e. The molecule has 2 aliphatic rings. The van der Waals surface area contributed by atoms with Crippen LogP contribution in [-0.4, -0.2) is 46.7 Å². The molecule has 0 saturated carbocycles. The van der Waals surface area contributed by atoms with Gasteiger partial charge < -0.3 is 14.6 Å². The first-order valence-electron chi connectivity index (χ1n) is 8.77. The highest BCUT2D eigenvalue weighted by atomic mass is 17.1. The molecular weight excluding hydrogens is 352 g/mol. The average Bonchev–Trinajstić information content (AvgIpc) is 2.90. The van der Waals surface area contributed by atoms with Crippen molar-refractivity contribution >= 4 is 11.9 Å². The molecule has 7 heteroatoms. The molecule has 5 atom stereocenters. The number of allylic oxidation sites excluding steroid dienone is 1. The smallest absolute Gasteiger partial charge is 0.334 e. The number of esters is 2. The number of carbonyl (C=O) groups excluding carboxylic acids is 2. The molecule has 2 unspecified atom stereocenters. The summed E-state index contributed by atoms with van der Waals surface area (Å²) in [6, 6.07) is 0. The lowest BCUT2D eigenvalue weighted by molar-refractivity contribution is -0.273. The van der Waals surface area contributed by atoms with E-state index in [1.807, 2.05) is 0 Å². The van der Waals surface area contributed by atoms with E-state index in [9.17, 15) is 20.0 Å². The molecule has 2 rings (SSSR count). The van der Waals surface area contributed by atoms with Crippen LogP contribution < -0.4 is 0 Å². The first-order chi connectivity index (χ1) is 12.7. The molecular formula is C20H26O7. The summed E-state index contributed by atoms with van der Waals surface area (Å²) in [7, 11) is 0. The lowest BCUT2D eigenvalue weighted by Gasteiger charge is -2.30. The summed E-state index contributed by atoms with van der Waals surface area (Å²) in [5.74, 6) is -1.74. The van der Waals surface area contributed by atoms with E-state index in [0.29, 0.717) is 16.7 Å². The first-order valence-corrected chi connectivity index (χ1v) is 8.77. The molecule has 148 valence electrons. The van der Waals surface area contributed by atoms with Gasteiger partial charge in [0.2, 0.25) is 0 Å². The lowest BCUT2D eigenvalue weighted by atomic mass is 9.83. The number of aliphatic hydroxyl groups is 1. The van der Waals surface area contributed by atoms with E-state index in [-0.39, 0.29) is 18.4 Å². The van der Waals surface area contributed by atoms with Gasteiger partial charge in [-0.2, -0.15) is 0 Å². The van der Waals surface area contributed by atoms with Crippen LogP contribution >= 0.6 is 0 Å². The van der Waals surface area contributed by atoms with Gasteiger partial charge in [-0.1, -0.05) is 19.2 Å². The van der Waals surface area contributed by atoms with E-state index in [1.54, 1.807) is 32.9 Å². The number of carbonyl (C=O) groups is 2. The van der Waals surface area contributed by atoms with Gasteiger partial charge in [-0.25, -0.2) is 14.5 Å². The predicted molar refractivity (Wildman–Crippen MR) is 97.5 cm³/mol. The van der Waals surface area contributed by atoms with Crippen LogP contribution in [0.4, 0.5) is 0 Å². The Kier molecular flexibility index (Phi) is 6.75. The van der Waals surface area contributed by atoms with Crippen LogP contribution in [0.5, 0.6) is 0 Å². The number of aliphatic hydroxyl groups excluding tert-OH is 1. The van der Waals surface area contributed by atoms with Crippen molar-refractivity contribution in [3.05, 3.63) is 47.6 Å². The van der Waals surface area contributed by atoms with Gasteiger partial charge in [0.25, 0.3) is 0 Å². The van der Waals surface area contributed by atoms with Crippen molar-refractivity contribution in [2.24, 2.45) is 5.92 Å². The molecule has 1 heterocycles. The van der Waals surface area contributed by atoms with Gasteiger partial charge in [0.15, 0.2) is 0 Å². The largest absolute Gasteiger partial charge is 0.458 e. The number of ether oxygens (including phenoxy) is 2. The maximum absolute atomic E-state index is 12.3. The van der Waals surface area contributed by atoms with E-state index < -0.39 is 42.3 Å². The fourth-order valence-corrected chi connectivity index (χ4v) is 3.20. The topological polar surface area (TPSA) is 102 Å². The molecule has 0 aromatic carbocycles. The molecule has 1 fully saturated rings. The van der Waals surface area contributed by atoms with Crippen molar-refractivity contribution in [2.45, 2.75) is 58.0 Å². The summed E-state index contributed by atoms with van der Waals surface area (Å²) < 4.78 is 11.0. The van der Waals surface area contributed by atoms with Gasteiger partial charge in [-0.05, 0) is 38.0 Å².